The van der Waals surface area contributed by atoms with Crippen molar-refractivity contribution >= 4 is 22.8 Å². The second-order valence-corrected chi connectivity index (χ2v) is 4.54. The first-order valence-electron chi connectivity index (χ1n) is 6.26. The van der Waals surface area contributed by atoms with Crippen molar-refractivity contribution in [3.8, 4) is 0 Å². The van der Waals surface area contributed by atoms with Crippen LogP contribution in [0.4, 0.5) is 11.8 Å². The first-order valence-corrected chi connectivity index (χ1v) is 6.26. The Bertz CT molecular complexity index is 529. The molecule has 0 saturated carbocycles. The van der Waals surface area contributed by atoms with Crippen LogP contribution < -0.4 is 11.1 Å². The third-order valence-electron chi connectivity index (χ3n) is 3.25. The van der Waals surface area contributed by atoms with Crippen LogP contribution in [-0.2, 0) is 0 Å². The van der Waals surface area contributed by atoms with Gasteiger partial charge in [0, 0.05) is 13.1 Å². The van der Waals surface area contributed by atoms with Crippen LogP contribution in [0, 0.1) is 0 Å². The van der Waals surface area contributed by atoms with Gasteiger partial charge in [-0.05, 0) is 25.9 Å². The highest BCUT2D eigenvalue weighted by Gasteiger charge is 2.11. The van der Waals surface area contributed by atoms with Crippen LogP contribution in [0.2, 0.25) is 0 Å². The van der Waals surface area contributed by atoms with Crippen LogP contribution in [0.3, 0.4) is 0 Å². The highest BCUT2D eigenvalue weighted by Crippen LogP contribution is 2.18. The van der Waals surface area contributed by atoms with Gasteiger partial charge in [0.05, 0.1) is 11.6 Å². The normalized spacial score (nSPS) is 16.4. The second kappa shape index (κ2) is 4.77. The molecule has 0 spiro atoms. The van der Waals surface area contributed by atoms with Gasteiger partial charge < -0.3 is 16.0 Å². The Labute approximate surface area is 105 Å². The molecule has 0 bridgehead atoms. The maximum absolute atomic E-state index is 5.66. The number of nitrogens with zero attached hydrogens (tertiary/aromatic N) is 4. The first kappa shape index (κ1) is 11.2. The highest BCUT2D eigenvalue weighted by atomic mass is 15.2. The Kier molecular flexibility index (Phi) is 2.97. The zero-order valence-corrected chi connectivity index (χ0v) is 10.2. The van der Waals surface area contributed by atoms with Gasteiger partial charge in [0.15, 0.2) is 5.65 Å². The van der Waals surface area contributed by atoms with E-state index in [0.717, 1.165) is 24.3 Å². The van der Waals surface area contributed by atoms with Crippen LogP contribution in [-0.4, -0.2) is 51.2 Å². The molecule has 3 heterocycles. The van der Waals surface area contributed by atoms with E-state index >= 15 is 0 Å². The van der Waals surface area contributed by atoms with Crippen LogP contribution in [0.25, 0.3) is 11.0 Å². The topological polar surface area (TPSA) is 95.7 Å². The van der Waals surface area contributed by atoms with E-state index in [1.807, 2.05) is 0 Å². The van der Waals surface area contributed by atoms with E-state index in [1.165, 1.54) is 25.9 Å². The molecule has 1 fully saturated rings. The van der Waals surface area contributed by atoms with Crippen molar-refractivity contribution in [1.29, 1.82) is 0 Å². The molecule has 0 unspecified atom stereocenters. The number of aromatic nitrogens is 4. The smallest absolute Gasteiger partial charge is 0.224 e. The Hall–Kier alpha value is -1.89. The number of hydrogen-bond donors (Lipinski definition) is 3. The third kappa shape index (κ3) is 2.21. The molecule has 0 aliphatic carbocycles. The summed E-state index contributed by atoms with van der Waals surface area (Å²) in [5.74, 6) is 1.01. The molecule has 7 heteroatoms. The van der Waals surface area contributed by atoms with Crippen molar-refractivity contribution in [2.45, 2.75) is 12.8 Å². The van der Waals surface area contributed by atoms with Gasteiger partial charge in [-0.25, -0.2) is 0 Å². The molecule has 3 rings (SSSR count). The maximum Gasteiger partial charge on any atom is 0.224 e. The minimum absolute atomic E-state index is 0.260. The maximum atomic E-state index is 5.66. The zero-order chi connectivity index (χ0) is 12.4. The molecule has 0 atom stereocenters. The average Bonchev–Trinajstić information content (AvgIpc) is 2.98. The number of H-pyrrole nitrogens is 1. The van der Waals surface area contributed by atoms with Gasteiger partial charge in [0.2, 0.25) is 5.95 Å². The lowest BCUT2D eigenvalue weighted by atomic mass is 10.4. The molecular weight excluding hydrogens is 230 g/mol. The summed E-state index contributed by atoms with van der Waals surface area (Å²) in [6, 6.07) is 0. The molecule has 0 amide bonds. The average molecular weight is 247 g/mol. The molecule has 7 nitrogen and oxygen atoms in total. The summed E-state index contributed by atoms with van der Waals surface area (Å²) >= 11 is 0. The SMILES string of the molecule is Nc1nc(NCCN2CCCC2)c2cn[nH]c2n1. The van der Waals surface area contributed by atoms with Crippen molar-refractivity contribution < 1.29 is 0 Å². The van der Waals surface area contributed by atoms with Gasteiger partial charge >= 0.3 is 0 Å². The summed E-state index contributed by atoms with van der Waals surface area (Å²) in [5, 5.41) is 10.9. The molecule has 2 aromatic heterocycles. The molecule has 4 N–H and O–H groups in total. The summed E-state index contributed by atoms with van der Waals surface area (Å²) in [6.07, 6.45) is 4.34. The predicted octanol–water partition coefficient (Wildman–Crippen LogP) is 0.443. The quantitative estimate of drug-likeness (QED) is 0.725. The third-order valence-corrected chi connectivity index (χ3v) is 3.25. The van der Waals surface area contributed by atoms with Gasteiger partial charge in [-0.3, -0.25) is 5.10 Å². The van der Waals surface area contributed by atoms with E-state index in [1.54, 1.807) is 6.20 Å². The molecule has 18 heavy (non-hydrogen) atoms. The summed E-state index contributed by atoms with van der Waals surface area (Å²) in [4.78, 5) is 10.7. The molecule has 1 aliphatic rings. The molecule has 0 radical (unpaired) electrons. The van der Waals surface area contributed by atoms with E-state index in [2.05, 4.69) is 30.4 Å². The van der Waals surface area contributed by atoms with Gasteiger partial charge in [0.25, 0.3) is 0 Å². The molecule has 1 aliphatic heterocycles. The number of nitrogen functional groups attached to an aromatic ring is 1. The summed E-state index contributed by atoms with van der Waals surface area (Å²) in [5.41, 5.74) is 6.33. The number of anilines is 2. The minimum atomic E-state index is 0.260. The van der Waals surface area contributed by atoms with Gasteiger partial charge in [-0.2, -0.15) is 15.1 Å². The van der Waals surface area contributed by atoms with Gasteiger partial charge in [0.1, 0.15) is 5.82 Å². The van der Waals surface area contributed by atoms with E-state index in [9.17, 15) is 0 Å². The van der Waals surface area contributed by atoms with E-state index in [0.29, 0.717) is 5.65 Å². The van der Waals surface area contributed by atoms with Crippen molar-refractivity contribution in [3.05, 3.63) is 6.20 Å². The Morgan fingerprint density at radius 3 is 3.00 bits per heavy atom. The number of fused-ring (bicyclic) bond motifs is 1. The summed E-state index contributed by atoms with van der Waals surface area (Å²) in [6.45, 7) is 4.30. The fraction of sp³-hybridized carbons (Fsp3) is 0.545. The number of hydrogen-bond acceptors (Lipinski definition) is 6. The Morgan fingerprint density at radius 1 is 1.33 bits per heavy atom. The van der Waals surface area contributed by atoms with Crippen molar-refractivity contribution in [2.75, 3.05) is 37.2 Å². The first-order chi connectivity index (χ1) is 8.83. The van der Waals surface area contributed by atoms with Crippen LogP contribution >= 0.6 is 0 Å². The number of aromatic amines is 1. The van der Waals surface area contributed by atoms with E-state index in [4.69, 9.17) is 5.73 Å². The second-order valence-electron chi connectivity index (χ2n) is 4.54. The standard InChI is InChI=1S/C11H17N7/c12-11-15-9(8-7-14-17-10(8)16-11)13-3-6-18-4-1-2-5-18/h7H,1-6H2,(H4,12,13,14,15,16,17). The molecule has 96 valence electrons. The Morgan fingerprint density at radius 2 is 2.17 bits per heavy atom. The minimum Gasteiger partial charge on any atom is -0.368 e. The van der Waals surface area contributed by atoms with Gasteiger partial charge in [-0.1, -0.05) is 0 Å². The van der Waals surface area contributed by atoms with Crippen molar-refractivity contribution in [1.82, 2.24) is 25.1 Å². The molecule has 2 aromatic rings. The lowest BCUT2D eigenvalue weighted by molar-refractivity contribution is 0.352. The number of nitrogens with one attached hydrogen (secondary N) is 2. The van der Waals surface area contributed by atoms with Crippen LogP contribution in [0.15, 0.2) is 6.20 Å². The van der Waals surface area contributed by atoms with E-state index < -0.39 is 0 Å². The van der Waals surface area contributed by atoms with Crippen molar-refractivity contribution in [2.24, 2.45) is 0 Å². The number of likely N-dealkylation sites (tertiary alicyclic amines) is 1. The summed E-state index contributed by atoms with van der Waals surface area (Å²) in [7, 11) is 0. The van der Waals surface area contributed by atoms with Crippen LogP contribution in [0.1, 0.15) is 12.8 Å². The Balaban J connectivity index is 1.67. The molecule has 0 aromatic carbocycles. The van der Waals surface area contributed by atoms with Crippen molar-refractivity contribution in [3.63, 3.8) is 0 Å². The molecule has 1 saturated heterocycles. The molecular formula is C11H17N7. The van der Waals surface area contributed by atoms with Gasteiger partial charge in [-0.15, -0.1) is 0 Å². The zero-order valence-electron chi connectivity index (χ0n) is 10.2. The number of nitrogens with two attached hydrogens (primary N) is 1. The fourth-order valence-electron chi connectivity index (χ4n) is 2.33. The highest BCUT2D eigenvalue weighted by molar-refractivity contribution is 5.86. The van der Waals surface area contributed by atoms with E-state index in [-0.39, 0.29) is 5.95 Å². The number of rotatable bonds is 4. The monoisotopic (exact) mass is 247 g/mol. The largest absolute Gasteiger partial charge is 0.368 e. The lowest BCUT2D eigenvalue weighted by Crippen LogP contribution is -2.26. The summed E-state index contributed by atoms with van der Waals surface area (Å²) < 4.78 is 0. The predicted molar refractivity (Wildman–Crippen MR) is 70.3 cm³/mol. The lowest BCUT2D eigenvalue weighted by Gasteiger charge is -2.15. The fourth-order valence-corrected chi connectivity index (χ4v) is 2.33. The van der Waals surface area contributed by atoms with Crippen LogP contribution in [0.5, 0.6) is 0 Å².